The second-order valence-electron chi connectivity index (χ2n) is 6.97. The number of nitrogens with zero attached hydrogens (tertiary/aromatic N) is 1. The molecule has 0 aromatic carbocycles. The fourth-order valence-corrected chi connectivity index (χ4v) is 3.85. The van der Waals surface area contributed by atoms with Crippen LogP contribution in [-0.4, -0.2) is 47.2 Å². The van der Waals surface area contributed by atoms with Gasteiger partial charge in [0.15, 0.2) is 0 Å². The molecule has 1 aliphatic carbocycles. The van der Waals surface area contributed by atoms with Gasteiger partial charge < -0.3 is 10.4 Å². The predicted octanol–water partition coefficient (Wildman–Crippen LogP) is 2.31. The number of piperidine rings is 1. The van der Waals surface area contributed by atoms with Crippen molar-refractivity contribution in [2.45, 2.75) is 76.9 Å². The van der Waals surface area contributed by atoms with E-state index < -0.39 is 5.60 Å². The normalized spacial score (nSPS) is 31.5. The zero-order valence-corrected chi connectivity index (χ0v) is 13.7. The Morgan fingerprint density at radius 3 is 2.95 bits per heavy atom. The molecule has 0 radical (unpaired) electrons. The Morgan fingerprint density at radius 2 is 2.19 bits per heavy atom. The van der Waals surface area contributed by atoms with Gasteiger partial charge in [-0.25, -0.2) is 0 Å². The van der Waals surface area contributed by atoms with Crippen molar-refractivity contribution in [2.75, 3.05) is 19.6 Å². The van der Waals surface area contributed by atoms with Crippen molar-refractivity contribution in [3.05, 3.63) is 0 Å². The highest BCUT2D eigenvalue weighted by molar-refractivity contribution is 5.81. The first kappa shape index (κ1) is 16.8. The Kier molecular flexibility index (Phi) is 6.06. The topological polar surface area (TPSA) is 52.6 Å². The second kappa shape index (κ2) is 7.59. The predicted molar refractivity (Wildman–Crippen MR) is 85.1 cm³/mol. The molecule has 1 heterocycles. The second-order valence-corrected chi connectivity index (χ2v) is 6.97. The number of amides is 1. The molecule has 2 aliphatic rings. The van der Waals surface area contributed by atoms with Gasteiger partial charge in [0.2, 0.25) is 5.91 Å². The molecule has 2 N–H and O–H groups in total. The lowest BCUT2D eigenvalue weighted by atomic mass is 9.71. The highest BCUT2D eigenvalue weighted by Gasteiger charge is 2.44. The van der Waals surface area contributed by atoms with Gasteiger partial charge in [-0.3, -0.25) is 9.69 Å². The van der Waals surface area contributed by atoms with E-state index in [9.17, 15) is 9.90 Å². The Balaban J connectivity index is 1.80. The maximum atomic E-state index is 12.2. The van der Waals surface area contributed by atoms with Gasteiger partial charge in [0.1, 0.15) is 0 Å². The number of rotatable bonds is 6. The van der Waals surface area contributed by atoms with E-state index in [1.54, 1.807) is 0 Å². The molecule has 4 nitrogen and oxygen atoms in total. The van der Waals surface area contributed by atoms with E-state index in [1.807, 2.05) is 6.92 Å². The molecule has 1 saturated carbocycles. The molecule has 21 heavy (non-hydrogen) atoms. The maximum absolute atomic E-state index is 12.2. The quantitative estimate of drug-likeness (QED) is 0.740. The summed E-state index contributed by atoms with van der Waals surface area (Å²) in [6, 6.07) is -0.0712. The summed E-state index contributed by atoms with van der Waals surface area (Å²) in [5.74, 6) is 0.502. The average Bonchev–Trinajstić information content (AvgIpc) is 2.49. The molecule has 0 bridgehead atoms. The van der Waals surface area contributed by atoms with Gasteiger partial charge >= 0.3 is 0 Å². The zero-order chi connectivity index (χ0) is 15.3. The third-order valence-electron chi connectivity index (χ3n) is 5.47. The van der Waals surface area contributed by atoms with Crippen LogP contribution in [0.5, 0.6) is 0 Å². The van der Waals surface area contributed by atoms with Crippen molar-refractivity contribution in [1.29, 1.82) is 0 Å². The minimum absolute atomic E-state index is 0.0712. The number of aliphatic hydroxyl groups is 1. The van der Waals surface area contributed by atoms with Gasteiger partial charge in [0, 0.05) is 25.6 Å². The Labute approximate surface area is 129 Å². The van der Waals surface area contributed by atoms with Crippen LogP contribution < -0.4 is 5.32 Å². The number of likely N-dealkylation sites (tertiary alicyclic amines) is 1. The fraction of sp³-hybridized carbons (Fsp3) is 0.941. The van der Waals surface area contributed by atoms with Gasteiger partial charge in [-0.05, 0) is 32.6 Å². The van der Waals surface area contributed by atoms with Crippen LogP contribution in [0, 0.1) is 5.92 Å². The van der Waals surface area contributed by atoms with Crippen molar-refractivity contribution in [3.8, 4) is 0 Å². The van der Waals surface area contributed by atoms with E-state index in [2.05, 4.69) is 17.1 Å². The van der Waals surface area contributed by atoms with Crippen LogP contribution in [0.25, 0.3) is 0 Å². The summed E-state index contributed by atoms with van der Waals surface area (Å²) >= 11 is 0. The molecule has 2 rings (SSSR count). The van der Waals surface area contributed by atoms with E-state index in [4.69, 9.17) is 0 Å². The number of carbonyl (C=O) groups excluding carboxylic acids is 1. The number of nitrogens with one attached hydrogen (secondary N) is 1. The number of hydrogen-bond acceptors (Lipinski definition) is 3. The van der Waals surface area contributed by atoms with Gasteiger partial charge in [0.25, 0.3) is 0 Å². The highest BCUT2D eigenvalue weighted by atomic mass is 16.3. The molecule has 1 saturated heterocycles. The number of hydrogen-bond donors (Lipinski definition) is 2. The Hall–Kier alpha value is -0.610. The molecule has 0 aromatic rings. The van der Waals surface area contributed by atoms with E-state index >= 15 is 0 Å². The first-order chi connectivity index (χ1) is 10.1. The minimum atomic E-state index is -0.452. The lowest BCUT2D eigenvalue weighted by molar-refractivity contribution is -0.133. The van der Waals surface area contributed by atoms with Crippen LogP contribution in [0.3, 0.4) is 0 Å². The van der Waals surface area contributed by atoms with Gasteiger partial charge in [-0.15, -0.1) is 0 Å². The van der Waals surface area contributed by atoms with Crippen molar-refractivity contribution in [1.82, 2.24) is 10.2 Å². The average molecular weight is 296 g/mol. The highest BCUT2D eigenvalue weighted by Crippen LogP contribution is 2.40. The first-order valence-electron chi connectivity index (χ1n) is 8.81. The van der Waals surface area contributed by atoms with E-state index in [-0.39, 0.29) is 11.9 Å². The molecule has 0 spiro atoms. The first-order valence-corrected chi connectivity index (χ1v) is 8.81. The van der Waals surface area contributed by atoms with Gasteiger partial charge in [-0.1, -0.05) is 32.6 Å². The van der Waals surface area contributed by atoms with Crippen LogP contribution in [0.1, 0.15) is 65.2 Å². The van der Waals surface area contributed by atoms with E-state index in [0.717, 1.165) is 51.7 Å². The van der Waals surface area contributed by atoms with Gasteiger partial charge in [-0.2, -0.15) is 0 Å². The van der Waals surface area contributed by atoms with Crippen LogP contribution in [0.15, 0.2) is 0 Å². The van der Waals surface area contributed by atoms with E-state index in [1.165, 1.54) is 19.3 Å². The summed E-state index contributed by atoms with van der Waals surface area (Å²) in [7, 11) is 0. The number of carbonyl (C=O) groups is 1. The summed E-state index contributed by atoms with van der Waals surface area (Å²) in [5, 5.41) is 13.8. The molecule has 122 valence electrons. The summed E-state index contributed by atoms with van der Waals surface area (Å²) in [6.07, 6.45) is 8.67. The molecule has 0 aromatic heterocycles. The van der Waals surface area contributed by atoms with Crippen molar-refractivity contribution >= 4 is 5.91 Å². The monoisotopic (exact) mass is 296 g/mol. The Morgan fingerprint density at radius 1 is 1.38 bits per heavy atom. The number of unbranched alkanes of at least 4 members (excludes halogenated alkanes) is 2. The van der Waals surface area contributed by atoms with Crippen molar-refractivity contribution in [2.24, 2.45) is 5.92 Å². The van der Waals surface area contributed by atoms with Crippen molar-refractivity contribution < 1.29 is 9.90 Å². The number of fused-ring (bicyclic) bond motifs is 1. The van der Waals surface area contributed by atoms with Crippen molar-refractivity contribution in [3.63, 3.8) is 0 Å². The maximum Gasteiger partial charge on any atom is 0.237 e. The van der Waals surface area contributed by atoms with Gasteiger partial charge in [0.05, 0.1) is 11.6 Å². The largest absolute Gasteiger partial charge is 0.390 e. The lowest BCUT2D eigenvalue weighted by Gasteiger charge is -2.48. The molecule has 2 fully saturated rings. The fourth-order valence-electron chi connectivity index (χ4n) is 3.85. The van der Waals surface area contributed by atoms with Crippen LogP contribution in [0.4, 0.5) is 0 Å². The standard InChI is InChI=1S/C17H32N2O2/c1-3-4-7-11-18-16(20)14(2)19-12-10-17(21)9-6-5-8-15(17)13-19/h14-15,21H,3-13H2,1-2H3,(H,18,20). The minimum Gasteiger partial charge on any atom is -0.390 e. The van der Waals surface area contributed by atoms with Crippen LogP contribution in [0.2, 0.25) is 0 Å². The summed E-state index contributed by atoms with van der Waals surface area (Å²) in [6.45, 7) is 6.68. The molecule has 3 unspecified atom stereocenters. The summed E-state index contributed by atoms with van der Waals surface area (Å²) in [4.78, 5) is 14.5. The zero-order valence-electron chi connectivity index (χ0n) is 13.7. The molecule has 4 heteroatoms. The Bertz CT molecular complexity index is 348. The van der Waals surface area contributed by atoms with Crippen LogP contribution in [-0.2, 0) is 4.79 Å². The lowest BCUT2D eigenvalue weighted by Crippen LogP contribution is -2.57. The molecule has 3 atom stereocenters. The third kappa shape index (κ3) is 4.19. The molecule has 1 amide bonds. The summed E-state index contributed by atoms with van der Waals surface area (Å²) < 4.78 is 0. The smallest absolute Gasteiger partial charge is 0.237 e. The molecule has 1 aliphatic heterocycles. The molecular formula is C17H32N2O2. The van der Waals surface area contributed by atoms with E-state index in [0.29, 0.717) is 5.92 Å². The van der Waals surface area contributed by atoms with Crippen LogP contribution >= 0.6 is 0 Å². The SMILES string of the molecule is CCCCCNC(=O)C(C)N1CCC2(O)CCCCC2C1. The molecular weight excluding hydrogens is 264 g/mol. The summed E-state index contributed by atoms with van der Waals surface area (Å²) in [5.41, 5.74) is -0.452. The third-order valence-corrected chi connectivity index (χ3v) is 5.47.